The van der Waals surface area contributed by atoms with Gasteiger partial charge >= 0.3 is 17.9 Å². The fourth-order valence-electron chi connectivity index (χ4n) is 8.28. The molecule has 0 N–H and O–H groups in total. The van der Waals surface area contributed by atoms with Gasteiger partial charge in [0.1, 0.15) is 13.2 Å². The maximum Gasteiger partial charge on any atom is 0.306 e. The van der Waals surface area contributed by atoms with Crippen LogP contribution in [0.25, 0.3) is 0 Å². The maximum atomic E-state index is 12.7. The Morgan fingerprint density at radius 2 is 0.569 bits per heavy atom. The molecule has 0 fully saturated rings. The SMILES string of the molecule is CCCC/C=C\CCCCCCCC(=O)OC(COC(=O)CCCCCCCCCCC)COC(=O)CCCCCCCCCCCCCCCCC/C=C\C/C=C\CCCCCCC. The second-order valence-corrected chi connectivity index (χ2v) is 19.2. The van der Waals surface area contributed by atoms with Crippen molar-refractivity contribution in [3.8, 4) is 0 Å². The largest absolute Gasteiger partial charge is 0.462 e. The van der Waals surface area contributed by atoms with Gasteiger partial charge < -0.3 is 14.2 Å². The van der Waals surface area contributed by atoms with Crippen molar-refractivity contribution >= 4 is 17.9 Å². The summed E-state index contributed by atoms with van der Waals surface area (Å²) in [6, 6.07) is 0. The lowest BCUT2D eigenvalue weighted by Crippen LogP contribution is -2.30. The van der Waals surface area contributed by atoms with Crippen molar-refractivity contribution < 1.29 is 28.6 Å². The highest BCUT2D eigenvalue weighted by molar-refractivity contribution is 5.71. The zero-order valence-corrected chi connectivity index (χ0v) is 43.5. The van der Waals surface area contributed by atoms with Crippen molar-refractivity contribution in [2.24, 2.45) is 0 Å². The monoisotopic (exact) mass is 913 g/mol. The number of hydrogen-bond acceptors (Lipinski definition) is 6. The van der Waals surface area contributed by atoms with Crippen molar-refractivity contribution in [2.45, 2.75) is 309 Å². The summed E-state index contributed by atoms with van der Waals surface area (Å²) >= 11 is 0. The van der Waals surface area contributed by atoms with Crippen molar-refractivity contribution in [1.29, 1.82) is 0 Å². The lowest BCUT2D eigenvalue weighted by molar-refractivity contribution is -0.167. The molecule has 0 bridgehead atoms. The van der Waals surface area contributed by atoms with Crippen LogP contribution in [0.15, 0.2) is 36.5 Å². The molecule has 0 aromatic carbocycles. The van der Waals surface area contributed by atoms with Crippen LogP contribution in [0.1, 0.15) is 303 Å². The Morgan fingerprint density at radius 1 is 0.308 bits per heavy atom. The summed E-state index contributed by atoms with van der Waals surface area (Å²) in [6.07, 6.45) is 64.5. The second-order valence-electron chi connectivity index (χ2n) is 19.2. The van der Waals surface area contributed by atoms with E-state index in [0.29, 0.717) is 19.3 Å². The van der Waals surface area contributed by atoms with Crippen LogP contribution in [-0.4, -0.2) is 37.2 Å². The second kappa shape index (κ2) is 54.2. The Kier molecular flexibility index (Phi) is 52.3. The van der Waals surface area contributed by atoms with E-state index in [1.54, 1.807) is 0 Å². The van der Waals surface area contributed by atoms with Crippen molar-refractivity contribution in [2.75, 3.05) is 13.2 Å². The van der Waals surface area contributed by atoms with E-state index in [1.807, 2.05) is 0 Å². The number of rotatable bonds is 52. The standard InChI is InChI=1S/C59H108O6/c1-4-7-10-13-16-19-21-22-23-24-25-26-27-28-29-30-31-32-33-34-35-36-38-40-43-46-49-52-58(61)64-55-56(54-63-57(60)51-48-45-42-39-18-15-12-9-6-3)65-59(62)53-50-47-44-41-37-20-17-14-11-8-5-2/h14,17,21-22,24-25,56H,4-13,15-16,18-20,23,26-55H2,1-3H3/b17-14-,22-21-,25-24-. The molecule has 6 heteroatoms. The summed E-state index contributed by atoms with van der Waals surface area (Å²) < 4.78 is 16.8. The minimum Gasteiger partial charge on any atom is -0.462 e. The first-order valence-corrected chi connectivity index (χ1v) is 28.5. The summed E-state index contributed by atoms with van der Waals surface area (Å²) in [5, 5.41) is 0. The molecule has 0 aromatic rings. The third-order valence-electron chi connectivity index (χ3n) is 12.6. The summed E-state index contributed by atoms with van der Waals surface area (Å²) in [5.74, 6) is -0.873. The van der Waals surface area contributed by atoms with E-state index in [9.17, 15) is 14.4 Å². The van der Waals surface area contributed by atoms with E-state index < -0.39 is 6.10 Å². The van der Waals surface area contributed by atoms with Crippen LogP contribution in [0.2, 0.25) is 0 Å². The molecule has 0 aliphatic heterocycles. The Balaban J connectivity index is 4.08. The number of carbonyl (C=O) groups excluding carboxylic acids is 3. The Bertz CT molecular complexity index is 1090. The maximum absolute atomic E-state index is 12.7. The van der Waals surface area contributed by atoms with E-state index in [2.05, 4.69) is 57.2 Å². The molecule has 0 rings (SSSR count). The highest BCUT2D eigenvalue weighted by atomic mass is 16.6. The highest BCUT2D eigenvalue weighted by Gasteiger charge is 2.19. The van der Waals surface area contributed by atoms with Gasteiger partial charge in [-0.3, -0.25) is 14.4 Å². The predicted molar refractivity (Wildman–Crippen MR) is 279 cm³/mol. The molecule has 380 valence electrons. The fraction of sp³-hybridized carbons (Fsp3) is 0.847. The quantitative estimate of drug-likeness (QED) is 0.0262. The molecule has 0 saturated carbocycles. The van der Waals surface area contributed by atoms with E-state index in [-0.39, 0.29) is 31.1 Å². The molecule has 1 atom stereocenters. The van der Waals surface area contributed by atoms with Gasteiger partial charge in [0.2, 0.25) is 0 Å². The number of esters is 3. The lowest BCUT2D eigenvalue weighted by Gasteiger charge is -2.18. The number of ether oxygens (including phenoxy) is 3. The molecule has 1 unspecified atom stereocenters. The highest BCUT2D eigenvalue weighted by Crippen LogP contribution is 2.16. The van der Waals surface area contributed by atoms with Crippen LogP contribution in [-0.2, 0) is 28.6 Å². The summed E-state index contributed by atoms with van der Waals surface area (Å²) in [5.41, 5.74) is 0. The van der Waals surface area contributed by atoms with Crippen LogP contribution in [0.4, 0.5) is 0 Å². The summed E-state index contributed by atoms with van der Waals surface area (Å²) in [7, 11) is 0. The predicted octanol–water partition coefficient (Wildman–Crippen LogP) is 18.9. The zero-order chi connectivity index (χ0) is 47.2. The van der Waals surface area contributed by atoms with Gasteiger partial charge in [0, 0.05) is 19.3 Å². The Hall–Kier alpha value is -2.37. The molecule has 0 heterocycles. The van der Waals surface area contributed by atoms with Crippen LogP contribution in [0, 0.1) is 0 Å². The molecule has 0 spiro atoms. The number of hydrogen-bond donors (Lipinski definition) is 0. The van der Waals surface area contributed by atoms with Crippen molar-refractivity contribution in [3.05, 3.63) is 36.5 Å². The van der Waals surface area contributed by atoms with E-state index in [0.717, 1.165) is 77.0 Å². The average Bonchev–Trinajstić information content (AvgIpc) is 3.30. The van der Waals surface area contributed by atoms with E-state index >= 15 is 0 Å². The minimum atomic E-state index is -0.770. The molecule has 0 aliphatic carbocycles. The molecular weight excluding hydrogens is 805 g/mol. The number of unbranched alkanes of at least 4 members (excludes halogenated alkanes) is 35. The van der Waals surface area contributed by atoms with Gasteiger partial charge in [-0.05, 0) is 70.6 Å². The van der Waals surface area contributed by atoms with Gasteiger partial charge in [0.05, 0.1) is 0 Å². The van der Waals surface area contributed by atoms with Crippen LogP contribution >= 0.6 is 0 Å². The van der Waals surface area contributed by atoms with E-state index in [1.165, 1.54) is 186 Å². The van der Waals surface area contributed by atoms with E-state index in [4.69, 9.17) is 14.2 Å². The topological polar surface area (TPSA) is 78.9 Å². The smallest absolute Gasteiger partial charge is 0.306 e. The van der Waals surface area contributed by atoms with Crippen LogP contribution < -0.4 is 0 Å². The molecule has 65 heavy (non-hydrogen) atoms. The molecule has 6 nitrogen and oxygen atoms in total. The average molecular weight is 914 g/mol. The molecule has 0 radical (unpaired) electrons. The molecule has 0 aliphatic rings. The van der Waals surface area contributed by atoms with Crippen LogP contribution in [0.3, 0.4) is 0 Å². The van der Waals surface area contributed by atoms with Crippen molar-refractivity contribution in [3.63, 3.8) is 0 Å². The molecule has 0 saturated heterocycles. The van der Waals surface area contributed by atoms with Crippen LogP contribution in [0.5, 0.6) is 0 Å². The summed E-state index contributed by atoms with van der Waals surface area (Å²) in [6.45, 7) is 6.59. The first kappa shape index (κ1) is 62.6. The van der Waals surface area contributed by atoms with Gasteiger partial charge in [0.15, 0.2) is 6.10 Å². The van der Waals surface area contributed by atoms with Gasteiger partial charge in [-0.15, -0.1) is 0 Å². The first-order valence-electron chi connectivity index (χ1n) is 28.5. The van der Waals surface area contributed by atoms with Gasteiger partial charge in [-0.2, -0.15) is 0 Å². The van der Waals surface area contributed by atoms with Gasteiger partial charge in [0.25, 0.3) is 0 Å². The Labute approximate surface area is 404 Å². The first-order chi connectivity index (χ1) is 32.0. The Morgan fingerprint density at radius 3 is 0.908 bits per heavy atom. The molecule has 0 amide bonds. The lowest BCUT2D eigenvalue weighted by atomic mass is 10.0. The van der Waals surface area contributed by atoms with Gasteiger partial charge in [-0.25, -0.2) is 0 Å². The molecule has 0 aromatic heterocycles. The third-order valence-corrected chi connectivity index (χ3v) is 12.6. The summed E-state index contributed by atoms with van der Waals surface area (Å²) in [4.78, 5) is 37.9. The fourth-order valence-corrected chi connectivity index (χ4v) is 8.28. The van der Waals surface area contributed by atoms with Gasteiger partial charge in [-0.1, -0.05) is 250 Å². The number of carbonyl (C=O) groups is 3. The minimum absolute atomic E-state index is 0.0721. The zero-order valence-electron chi connectivity index (χ0n) is 43.5. The third kappa shape index (κ3) is 52.5. The van der Waals surface area contributed by atoms with Crippen molar-refractivity contribution in [1.82, 2.24) is 0 Å². The normalized spacial score (nSPS) is 12.2. The molecular formula is C59H108O6. The number of allylic oxidation sites excluding steroid dienone is 6.